The van der Waals surface area contributed by atoms with Gasteiger partial charge in [-0.05, 0) is 46.6 Å². The highest BCUT2D eigenvalue weighted by Crippen LogP contribution is 2.27. The Morgan fingerprint density at radius 1 is 1.46 bits per heavy atom. The molecule has 132 valence electrons. The number of likely N-dealkylation sites (N-methyl/N-ethyl adjacent to an activating group) is 1. The lowest BCUT2D eigenvalue weighted by molar-refractivity contribution is -0.120. The van der Waals surface area contributed by atoms with Gasteiger partial charge in [-0.25, -0.2) is 0 Å². The van der Waals surface area contributed by atoms with Gasteiger partial charge >= 0.3 is 0 Å². The van der Waals surface area contributed by atoms with Crippen LogP contribution in [0.4, 0.5) is 5.88 Å². The van der Waals surface area contributed by atoms with E-state index in [1.807, 2.05) is 18.9 Å². The maximum atomic E-state index is 12.5. The molecule has 1 saturated carbocycles. The summed E-state index contributed by atoms with van der Waals surface area (Å²) in [5.41, 5.74) is 1.12. The second-order valence-corrected chi connectivity index (χ2v) is 6.82. The molecule has 2 N–H and O–H groups in total. The van der Waals surface area contributed by atoms with E-state index in [1.165, 1.54) is 0 Å². The number of furan rings is 1. The number of aliphatic hydroxyl groups is 1. The summed E-state index contributed by atoms with van der Waals surface area (Å²) in [6.07, 6.45) is 3.76. The van der Waals surface area contributed by atoms with E-state index in [-0.39, 0.29) is 29.9 Å². The minimum absolute atomic E-state index is 0.210. The van der Waals surface area contributed by atoms with Gasteiger partial charge in [0.1, 0.15) is 17.4 Å². The highest BCUT2D eigenvalue weighted by molar-refractivity contribution is 5.94. The van der Waals surface area contributed by atoms with Crippen LogP contribution in [0.25, 0.3) is 0 Å². The number of anilines is 1. The van der Waals surface area contributed by atoms with Gasteiger partial charge in [0.25, 0.3) is 0 Å². The standard InChI is InChI=1S/C18H27N3O3/c1-11-13(3)24-18(15(11)9-19)20-17(23)12(2)21(4)10-14-7-5-6-8-16(14)22/h12,14,16,22H,5-8,10H2,1-4H3,(H,20,23). The topological polar surface area (TPSA) is 89.5 Å². The predicted octanol–water partition coefficient (Wildman–Crippen LogP) is 2.58. The summed E-state index contributed by atoms with van der Waals surface area (Å²) in [6, 6.07) is 1.70. The zero-order valence-electron chi connectivity index (χ0n) is 14.9. The number of nitrogens with zero attached hydrogens (tertiary/aromatic N) is 2. The van der Waals surface area contributed by atoms with Gasteiger partial charge in [-0.15, -0.1) is 0 Å². The Balaban J connectivity index is 1.99. The minimum Gasteiger partial charge on any atom is -0.444 e. The number of aliphatic hydroxyl groups excluding tert-OH is 1. The molecule has 1 amide bonds. The number of nitriles is 1. The molecule has 3 unspecified atom stereocenters. The zero-order chi connectivity index (χ0) is 17.9. The van der Waals surface area contributed by atoms with E-state index in [4.69, 9.17) is 4.42 Å². The molecule has 24 heavy (non-hydrogen) atoms. The molecular formula is C18H27N3O3. The van der Waals surface area contributed by atoms with Crippen molar-refractivity contribution < 1.29 is 14.3 Å². The van der Waals surface area contributed by atoms with Crippen molar-refractivity contribution in [2.45, 2.75) is 58.6 Å². The highest BCUT2D eigenvalue weighted by Gasteiger charge is 2.28. The largest absolute Gasteiger partial charge is 0.444 e. The first-order chi connectivity index (χ1) is 11.3. The summed E-state index contributed by atoms with van der Waals surface area (Å²) in [5.74, 6) is 0.846. The third kappa shape index (κ3) is 3.97. The third-order valence-corrected chi connectivity index (χ3v) is 5.17. The second-order valence-electron chi connectivity index (χ2n) is 6.82. The van der Waals surface area contributed by atoms with Gasteiger partial charge < -0.3 is 9.52 Å². The number of aryl methyl sites for hydroxylation is 1. The number of hydrogen-bond donors (Lipinski definition) is 2. The van der Waals surface area contributed by atoms with Crippen LogP contribution in [0.1, 0.15) is 49.5 Å². The van der Waals surface area contributed by atoms with Gasteiger partial charge in [0, 0.05) is 12.1 Å². The SMILES string of the molecule is Cc1oc(NC(=O)C(C)N(C)CC2CCCCC2O)c(C#N)c1C. The minimum atomic E-state index is -0.378. The van der Waals surface area contributed by atoms with Gasteiger partial charge in [0.15, 0.2) is 0 Å². The first-order valence-corrected chi connectivity index (χ1v) is 8.54. The normalized spacial score (nSPS) is 22.2. The van der Waals surface area contributed by atoms with Crippen molar-refractivity contribution in [3.05, 3.63) is 16.9 Å². The molecule has 0 bridgehead atoms. The lowest BCUT2D eigenvalue weighted by Gasteiger charge is -2.33. The molecule has 1 heterocycles. The van der Waals surface area contributed by atoms with E-state index in [0.29, 0.717) is 17.9 Å². The number of carbonyl (C=O) groups is 1. The molecule has 1 aliphatic rings. The van der Waals surface area contributed by atoms with E-state index < -0.39 is 0 Å². The van der Waals surface area contributed by atoms with Crippen molar-refractivity contribution in [3.63, 3.8) is 0 Å². The van der Waals surface area contributed by atoms with Crippen molar-refractivity contribution in [2.24, 2.45) is 5.92 Å². The van der Waals surface area contributed by atoms with E-state index in [2.05, 4.69) is 11.4 Å². The average Bonchev–Trinajstić information content (AvgIpc) is 2.82. The molecule has 6 heteroatoms. The van der Waals surface area contributed by atoms with Crippen LogP contribution >= 0.6 is 0 Å². The van der Waals surface area contributed by atoms with E-state index in [9.17, 15) is 15.2 Å². The van der Waals surface area contributed by atoms with Crippen LogP contribution in [0.2, 0.25) is 0 Å². The Kier molecular flexibility index (Phi) is 6.03. The van der Waals surface area contributed by atoms with Crippen LogP contribution < -0.4 is 5.32 Å². The first-order valence-electron chi connectivity index (χ1n) is 8.54. The van der Waals surface area contributed by atoms with Crippen LogP contribution in [0, 0.1) is 31.1 Å². The van der Waals surface area contributed by atoms with Gasteiger partial charge in [-0.3, -0.25) is 15.0 Å². The number of carbonyl (C=O) groups excluding carboxylic acids is 1. The highest BCUT2D eigenvalue weighted by atomic mass is 16.4. The number of hydrogen-bond acceptors (Lipinski definition) is 5. The quantitative estimate of drug-likeness (QED) is 0.864. The molecule has 0 radical (unpaired) electrons. The Hall–Kier alpha value is -1.84. The fourth-order valence-corrected chi connectivity index (χ4v) is 3.20. The van der Waals surface area contributed by atoms with Crippen molar-refractivity contribution in [3.8, 4) is 6.07 Å². The molecular weight excluding hydrogens is 306 g/mol. The van der Waals surface area contributed by atoms with Gasteiger partial charge in [0.05, 0.1) is 12.1 Å². The average molecular weight is 333 g/mol. The second kappa shape index (κ2) is 7.82. The monoisotopic (exact) mass is 333 g/mol. The Bertz CT molecular complexity index is 632. The molecule has 1 aliphatic carbocycles. The molecule has 0 aliphatic heterocycles. The van der Waals surface area contributed by atoms with E-state index in [1.54, 1.807) is 13.8 Å². The predicted molar refractivity (Wildman–Crippen MR) is 91.6 cm³/mol. The van der Waals surface area contributed by atoms with Crippen LogP contribution in [-0.4, -0.2) is 41.7 Å². The van der Waals surface area contributed by atoms with E-state index in [0.717, 1.165) is 31.2 Å². The van der Waals surface area contributed by atoms with Crippen molar-refractivity contribution in [1.29, 1.82) is 5.26 Å². The fraction of sp³-hybridized carbons (Fsp3) is 0.667. The summed E-state index contributed by atoms with van der Waals surface area (Å²) in [6.45, 7) is 6.06. The number of amides is 1. The van der Waals surface area contributed by atoms with Gasteiger partial charge in [-0.2, -0.15) is 5.26 Å². The van der Waals surface area contributed by atoms with E-state index >= 15 is 0 Å². The van der Waals surface area contributed by atoms with Crippen LogP contribution in [0.5, 0.6) is 0 Å². The lowest BCUT2D eigenvalue weighted by atomic mass is 9.86. The lowest BCUT2D eigenvalue weighted by Crippen LogP contribution is -2.44. The summed E-state index contributed by atoms with van der Waals surface area (Å²) in [4.78, 5) is 14.4. The summed E-state index contributed by atoms with van der Waals surface area (Å²) < 4.78 is 5.49. The maximum absolute atomic E-state index is 12.5. The van der Waals surface area contributed by atoms with Crippen molar-refractivity contribution in [2.75, 3.05) is 18.9 Å². The molecule has 0 spiro atoms. The molecule has 6 nitrogen and oxygen atoms in total. The summed E-state index contributed by atoms with van der Waals surface area (Å²) in [7, 11) is 1.88. The number of nitrogens with one attached hydrogen (secondary N) is 1. The molecule has 0 aromatic carbocycles. The molecule has 1 aromatic heterocycles. The Morgan fingerprint density at radius 3 is 2.75 bits per heavy atom. The van der Waals surface area contributed by atoms with Crippen LogP contribution in [-0.2, 0) is 4.79 Å². The number of rotatable bonds is 5. The van der Waals surface area contributed by atoms with Crippen LogP contribution in [0.3, 0.4) is 0 Å². The molecule has 2 rings (SSSR count). The fourth-order valence-electron chi connectivity index (χ4n) is 3.20. The zero-order valence-corrected chi connectivity index (χ0v) is 14.9. The van der Waals surface area contributed by atoms with Crippen LogP contribution in [0.15, 0.2) is 4.42 Å². The smallest absolute Gasteiger partial charge is 0.243 e. The summed E-state index contributed by atoms with van der Waals surface area (Å²) in [5, 5.41) is 22.0. The van der Waals surface area contributed by atoms with Crippen molar-refractivity contribution >= 4 is 11.8 Å². The Morgan fingerprint density at radius 2 is 2.12 bits per heavy atom. The van der Waals surface area contributed by atoms with Crippen molar-refractivity contribution in [1.82, 2.24) is 4.90 Å². The first kappa shape index (κ1) is 18.5. The van der Waals surface area contributed by atoms with Gasteiger partial charge in [0.2, 0.25) is 11.8 Å². The summed E-state index contributed by atoms with van der Waals surface area (Å²) >= 11 is 0. The molecule has 3 atom stereocenters. The molecule has 0 saturated heterocycles. The van der Waals surface area contributed by atoms with Gasteiger partial charge in [-0.1, -0.05) is 12.8 Å². The molecule has 1 aromatic rings. The maximum Gasteiger partial charge on any atom is 0.243 e. The molecule has 1 fully saturated rings. The third-order valence-electron chi connectivity index (χ3n) is 5.17. The Labute approximate surface area is 143 Å².